The standard InChI is InChI=1S/C50H31NS2/c1-2-11-39-33(9-1)10-7-14-40(39)34-21-27-38(28-22-34)51(44-15-8-18-47-50(44)43-13-4-6-17-46(43)52-47)37-25-19-32(20-26-37)35-23-29-41-36(31-35)24-30-48-49(41)42-12-3-5-16-45(42)53-48/h1-31H. The van der Waals surface area contributed by atoms with Crippen LogP contribution in [0, 0.1) is 0 Å². The Labute approximate surface area is 315 Å². The molecular weight excluding hydrogens is 679 g/mol. The first-order valence-electron chi connectivity index (χ1n) is 18.0. The average Bonchev–Trinajstić information content (AvgIpc) is 3.80. The van der Waals surface area contributed by atoms with Gasteiger partial charge in [-0.2, -0.15) is 0 Å². The molecule has 9 aromatic carbocycles. The minimum absolute atomic E-state index is 1.13. The highest BCUT2D eigenvalue weighted by atomic mass is 32.1. The monoisotopic (exact) mass is 709 g/mol. The second-order valence-electron chi connectivity index (χ2n) is 13.7. The van der Waals surface area contributed by atoms with E-state index in [1.807, 2.05) is 22.7 Å². The van der Waals surface area contributed by atoms with E-state index in [1.165, 1.54) is 89.8 Å². The van der Waals surface area contributed by atoms with Crippen molar-refractivity contribution in [1.82, 2.24) is 0 Å². The van der Waals surface area contributed by atoms with Gasteiger partial charge in [-0.15, -0.1) is 22.7 Å². The molecule has 0 aliphatic heterocycles. The number of fused-ring (bicyclic) bond motifs is 9. The van der Waals surface area contributed by atoms with Crippen LogP contribution in [0.1, 0.15) is 0 Å². The summed E-state index contributed by atoms with van der Waals surface area (Å²) in [6, 6.07) is 69.2. The van der Waals surface area contributed by atoms with Crippen LogP contribution in [-0.4, -0.2) is 0 Å². The van der Waals surface area contributed by atoms with E-state index >= 15 is 0 Å². The van der Waals surface area contributed by atoms with E-state index in [-0.39, 0.29) is 0 Å². The van der Waals surface area contributed by atoms with Gasteiger partial charge in [-0.3, -0.25) is 0 Å². The second kappa shape index (κ2) is 12.2. The van der Waals surface area contributed by atoms with Gasteiger partial charge in [-0.25, -0.2) is 0 Å². The molecule has 2 heterocycles. The summed E-state index contributed by atoms with van der Waals surface area (Å²) < 4.78 is 5.28. The van der Waals surface area contributed by atoms with E-state index < -0.39 is 0 Å². The van der Waals surface area contributed by atoms with Crippen molar-refractivity contribution in [2.45, 2.75) is 0 Å². The van der Waals surface area contributed by atoms with E-state index in [1.54, 1.807) is 0 Å². The summed E-state index contributed by atoms with van der Waals surface area (Å²) in [6.45, 7) is 0. The maximum atomic E-state index is 2.43. The van der Waals surface area contributed by atoms with Crippen LogP contribution >= 0.6 is 22.7 Å². The largest absolute Gasteiger partial charge is 0.310 e. The lowest BCUT2D eigenvalue weighted by Crippen LogP contribution is -2.10. The molecular formula is C50H31NS2. The Morgan fingerprint density at radius 1 is 0.321 bits per heavy atom. The molecule has 0 N–H and O–H groups in total. The van der Waals surface area contributed by atoms with E-state index in [2.05, 4.69) is 193 Å². The summed E-state index contributed by atoms with van der Waals surface area (Å²) in [5.74, 6) is 0. The third-order valence-corrected chi connectivity index (χ3v) is 12.9. The van der Waals surface area contributed by atoms with Crippen LogP contribution in [0.15, 0.2) is 188 Å². The molecule has 0 spiro atoms. The molecule has 0 aliphatic carbocycles. The fraction of sp³-hybridized carbons (Fsp3) is 0. The molecule has 0 atom stereocenters. The van der Waals surface area contributed by atoms with Crippen molar-refractivity contribution in [3.8, 4) is 22.3 Å². The lowest BCUT2D eigenvalue weighted by Gasteiger charge is -2.27. The number of benzene rings is 9. The molecule has 0 bridgehead atoms. The van der Waals surface area contributed by atoms with Crippen molar-refractivity contribution in [2.24, 2.45) is 0 Å². The number of anilines is 3. The van der Waals surface area contributed by atoms with Crippen molar-refractivity contribution in [3.63, 3.8) is 0 Å². The summed E-state index contributed by atoms with van der Waals surface area (Å²) in [7, 11) is 0. The van der Waals surface area contributed by atoms with Gasteiger partial charge >= 0.3 is 0 Å². The normalized spacial score (nSPS) is 11.8. The van der Waals surface area contributed by atoms with Gasteiger partial charge in [-0.1, -0.05) is 127 Å². The number of thiophene rings is 2. The molecule has 11 rings (SSSR count). The zero-order chi connectivity index (χ0) is 34.9. The van der Waals surface area contributed by atoms with E-state index in [4.69, 9.17) is 0 Å². The Bertz CT molecular complexity index is 3160. The van der Waals surface area contributed by atoms with E-state index in [0.717, 1.165) is 11.4 Å². The molecule has 3 heteroatoms. The topological polar surface area (TPSA) is 3.24 Å². The fourth-order valence-electron chi connectivity index (χ4n) is 8.17. The van der Waals surface area contributed by atoms with Crippen LogP contribution in [0.2, 0.25) is 0 Å². The highest BCUT2D eigenvalue weighted by Crippen LogP contribution is 2.46. The third-order valence-electron chi connectivity index (χ3n) is 10.7. The van der Waals surface area contributed by atoms with Crippen molar-refractivity contribution in [1.29, 1.82) is 0 Å². The Balaban J connectivity index is 1.03. The maximum Gasteiger partial charge on any atom is 0.0554 e. The quantitative estimate of drug-likeness (QED) is 0.172. The molecule has 0 unspecified atom stereocenters. The minimum Gasteiger partial charge on any atom is -0.310 e. The van der Waals surface area contributed by atoms with E-state index in [0.29, 0.717) is 0 Å². The molecule has 0 saturated carbocycles. The van der Waals surface area contributed by atoms with Crippen molar-refractivity contribution >= 4 is 102 Å². The predicted octanol–water partition coefficient (Wildman–Crippen LogP) is 15.5. The maximum absolute atomic E-state index is 2.43. The van der Waals surface area contributed by atoms with Crippen LogP contribution in [0.4, 0.5) is 17.1 Å². The van der Waals surface area contributed by atoms with Gasteiger partial charge in [0.05, 0.1) is 5.69 Å². The van der Waals surface area contributed by atoms with Crippen molar-refractivity contribution in [3.05, 3.63) is 188 Å². The van der Waals surface area contributed by atoms with Crippen LogP contribution in [0.3, 0.4) is 0 Å². The lowest BCUT2D eigenvalue weighted by molar-refractivity contribution is 1.30. The summed E-state index contributed by atoms with van der Waals surface area (Å²) in [5.41, 5.74) is 8.33. The first kappa shape index (κ1) is 30.4. The van der Waals surface area contributed by atoms with Crippen LogP contribution in [0.5, 0.6) is 0 Å². The van der Waals surface area contributed by atoms with Gasteiger partial charge < -0.3 is 4.90 Å². The first-order chi connectivity index (χ1) is 26.3. The van der Waals surface area contributed by atoms with Gasteiger partial charge in [0.2, 0.25) is 0 Å². The molecule has 0 radical (unpaired) electrons. The van der Waals surface area contributed by atoms with Gasteiger partial charge in [-0.05, 0) is 104 Å². The highest BCUT2D eigenvalue weighted by Gasteiger charge is 2.19. The van der Waals surface area contributed by atoms with Crippen molar-refractivity contribution < 1.29 is 0 Å². The van der Waals surface area contributed by atoms with Crippen LogP contribution in [0.25, 0.3) is 84.1 Å². The van der Waals surface area contributed by atoms with Crippen molar-refractivity contribution in [2.75, 3.05) is 4.90 Å². The van der Waals surface area contributed by atoms with Gasteiger partial charge in [0.15, 0.2) is 0 Å². The minimum atomic E-state index is 1.13. The van der Waals surface area contributed by atoms with E-state index in [9.17, 15) is 0 Å². The second-order valence-corrected chi connectivity index (χ2v) is 15.8. The summed E-state index contributed by atoms with van der Waals surface area (Å²) in [4.78, 5) is 2.43. The summed E-state index contributed by atoms with van der Waals surface area (Å²) in [6.07, 6.45) is 0. The number of rotatable bonds is 5. The summed E-state index contributed by atoms with van der Waals surface area (Å²) in [5, 5.41) is 10.4. The lowest BCUT2D eigenvalue weighted by atomic mass is 9.97. The zero-order valence-electron chi connectivity index (χ0n) is 28.7. The molecule has 0 saturated heterocycles. The van der Waals surface area contributed by atoms with Crippen LogP contribution < -0.4 is 4.90 Å². The molecule has 2 aromatic heterocycles. The molecule has 0 fully saturated rings. The van der Waals surface area contributed by atoms with Gasteiger partial charge in [0, 0.05) is 51.7 Å². The zero-order valence-corrected chi connectivity index (χ0v) is 30.3. The highest BCUT2D eigenvalue weighted by molar-refractivity contribution is 7.26. The molecule has 248 valence electrons. The third kappa shape index (κ3) is 4.97. The predicted molar refractivity (Wildman–Crippen MR) is 233 cm³/mol. The first-order valence-corrected chi connectivity index (χ1v) is 19.6. The molecule has 0 amide bonds. The Morgan fingerprint density at radius 3 is 1.64 bits per heavy atom. The molecule has 1 nitrogen and oxygen atoms in total. The van der Waals surface area contributed by atoms with Crippen LogP contribution in [-0.2, 0) is 0 Å². The summed E-state index contributed by atoms with van der Waals surface area (Å²) >= 11 is 3.74. The Morgan fingerprint density at radius 2 is 0.887 bits per heavy atom. The number of hydrogen-bond acceptors (Lipinski definition) is 3. The molecule has 53 heavy (non-hydrogen) atoms. The van der Waals surface area contributed by atoms with Gasteiger partial charge in [0.25, 0.3) is 0 Å². The SMILES string of the molecule is c1ccc2c(-c3ccc(N(c4ccc(-c5ccc6c(ccc7sc8ccccc8c76)c5)cc4)c4cccc5sc6ccccc6c45)cc3)cccc2c1. The smallest absolute Gasteiger partial charge is 0.0554 e. The number of hydrogen-bond donors (Lipinski definition) is 0. The van der Waals surface area contributed by atoms with Gasteiger partial charge in [0.1, 0.15) is 0 Å². The number of nitrogens with zero attached hydrogens (tertiary/aromatic N) is 1. The molecule has 0 aliphatic rings. The fourth-order valence-corrected chi connectivity index (χ4v) is 10.4. The molecule has 11 aromatic rings. The average molecular weight is 710 g/mol. The Kier molecular flexibility index (Phi) is 6.97. The Hall–Kier alpha value is -6.26.